The first-order valence-electron chi connectivity index (χ1n) is 8.08. The monoisotopic (exact) mass is 310 g/mol. The highest BCUT2D eigenvalue weighted by molar-refractivity contribution is 5.59. The largest absolute Gasteiger partial charge is 0.508 e. The van der Waals surface area contributed by atoms with Crippen LogP contribution in [0.3, 0.4) is 0 Å². The molecule has 2 heterocycles. The summed E-state index contributed by atoms with van der Waals surface area (Å²) in [7, 11) is 0. The average Bonchev–Trinajstić information content (AvgIpc) is 3.05. The van der Waals surface area contributed by atoms with Crippen LogP contribution in [0.4, 0.5) is 0 Å². The molecule has 2 aliphatic heterocycles. The number of hydrogen-bond acceptors (Lipinski definition) is 4. The van der Waals surface area contributed by atoms with Crippen molar-refractivity contribution >= 4 is 0 Å². The molecule has 4 nitrogen and oxygen atoms in total. The van der Waals surface area contributed by atoms with Gasteiger partial charge < -0.3 is 19.7 Å². The normalized spacial score (nSPS) is 30.5. The Morgan fingerprint density at radius 2 is 2.00 bits per heavy atom. The van der Waals surface area contributed by atoms with Crippen LogP contribution in [0, 0.1) is 5.92 Å². The molecule has 1 spiro atoms. The van der Waals surface area contributed by atoms with Crippen LogP contribution in [-0.2, 0) is 28.3 Å². The fraction of sp³-hybridized carbons (Fsp3) is 0.368. The molecule has 5 rings (SSSR count). The lowest BCUT2D eigenvalue weighted by molar-refractivity contribution is -0.222. The first-order chi connectivity index (χ1) is 11.1. The highest BCUT2D eigenvalue weighted by atomic mass is 16.7. The summed E-state index contributed by atoms with van der Waals surface area (Å²) in [5.74, 6) is -0.132. The number of rotatable bonds is 0. The minimum atomic E-state index is -1.09. The predicted molar refractivity (Wildman–Crippen MR) is 83.1 cm³/mol. The van der Waals surface area contributed by atoms with Crippen LogP contribution in [0.5, 0.6) is 11.5 Å². The summed E-state index contributed by atoms with van der Waals surface area (Å²) in [5.41, 5.74) is 4.60. The van der Waals surface area contributed by atoms with Crippen LogP contribution < -0.4 is 0 Å². The Morgan fingerprint density at radius 1 is 1.13 bits per heavy atom. The van der Waals surface area contributed by atoms with Crippen LogP contribution in [0.2, 0.25) is 0 Å². The van der Waals surface area contributed by atoms with Gasteiger partial charge in [-0.15, -0.1) is 0 Å². The van der Waals surface area contributed by atoms with Gasteiger partial charge in [-0.2, -0.15) is 0 Å². The third kappa shape index (κ3) is 1.57. The van der Waals surface area contributed by atoms with E-state index in [1.165, 1.54) is 5.56 Å². The number of benzene rings is 2. The Kier molecular flexibility index (Phi) is 2.49. The molecule has 0 fully saturated rings. The van der Waals surface area contributed by atoms with Crippen LogP contribution in [-0.4, -0.2) is 10.2 Å². The Hall–Kier alpha value is -2.04. The summed E-state index contributed by atoms with van der Waals surface area (Å²) in [6, 6.07) is 9.11. The minimum absolute atomic E-state index is 0.0656. The first-order valence-corrected chi connectivity index (χ1v) is 8.08. The number of fused-ring (bicyclic) bond motifs is 3. The molecule has 0 bridgehead atoms. The molecule has 0 amide bonds. The molecule has 3 aliphatic rings. The number of hydrogen-bond donors (Lipinski definition) is 2. The molecule has 23 heavy (non-hydrogen) atoms. The van der Waals surface area contributed by atoms with Gasteiger partial charge in [0.25, 0.3) is 0 Å². The number of phenolic OH excluding ortho intramolecular Hbond substituents is 2. The summed E-state index contributed by atoms with van der Waals surface area (Å²) >= 11 is 0. The zero-order chi connectivity index (χ0) is 15.8. The molecular weight excluding hydrogens is 292 g/mol. The van der Waals surface area contributed by atoms with Crippen LogP contribution >= 0.6 is 0 Å². The molecule has 2 aromatic carbocycles. The second-order valence-electron chi connectivity index (χ2n) is 6.89. The topological polar surface area (TPSA) is 58.9 Å². The zero-order valence-corrected chi connectivity index (χ0v) is 12.9. The smallest absolute Gasteiger partial charge is 0.227 e. The molecular formula is C19H18O4. The molecule has 0 saturated carbocycles. The van der Waals surface area contributed by atoms with Gasteiger partial charge >= 0.3 is 0 Å². The molecule has 2 aromatic rings. The van der Waals surface area contributed by atoms with E-state index in [4.69, 9.17) is 9.47 Å². The van der Waals surface area contributed by atoms with Gasteiger partial charge in [-0.3, -0.25) is 0 Å². The standard InChI is InChI=1S/C19H18O4/c1-10-7-11-5-6-15(21)18-17(11)16(8-10)23-19(18)13-3-2-4-14(20)12(13)9-22-19/h2-6,10,16,20-21H,7-9H2,1H3. The molecule has 1 aliphatic carbocycles. The van der Waals surface area contributed by atoms with Gasteiger partial charge in [0.2, 0.25) is 5.79 Å². The number of phenols is 2. The van der Waals surface area contributed by atoms with Crippen molar-refractivity contribution in [3.63, 3.8) is 0 Å². The molecule has 0 aromatic heterocycles. The van der Waals surface area contributed by atoms with E-state index < -0.39 is 5.79 Å². The van der Waals surface area contributed by atoms with E-state index in [0.717, 1.165) is 35.1 Å². The maximum absolute atomic E-state index is 10.6. The quantitative estimate of drug-likeness (QED) is 0.782. The van der Waals surface area contributed by atoms with Gasteiger partial charge in [-0.25, -0.2) is 0 Å². The van der Waals surface area contributed by atoms with Crippen molar-refractivity contribution in [1.82, 2.24) is 0 Å². The Morgan fingerprint density at radius 3 is 2.87 bits per heavy atom. The summed E-state index contributed by atoms with van der Waals surface area (Å²) < 4.78 is 12.5. The van der Waals surface area contributed by atoms with Gasteiger partial charge in [0.1, 0.15) is 11.5 Å². The van der Waals surface area contributed by atoms with Crippen molar-refractivity contribution in [2.24, 2.45) is 5.92 Å². The van der Waals surface area contributed by atoms with Crippen molar-refractivity contribution in [2.75, 3.05) is 0 Å². The van der Waals surface area contributed by atoms with E-state index in [0.29, 0.717) is 5.92 Å². The van der Waals surface area contributed by atoms with E-state index in [9.17, 15) is 10.2 Å². The summed E-state index contributed by atoms with van der Waals surface area (Å²) in [5, 5.41) is 20.7. The Labute approximate surface area is 134 Å². The third-order valence-electron chi connectivity index (χ3n) is 5.38. The van der Waals surface area contributed by atoms with Crippen LogP contribution in [0.15, 0.2) is 30.3 Å². The fourth-order valence-corrected chi connectivity index (χ4v) is 4.44. The van der Waals surface area contributed by atoms with Crippen molar-refractivity contribution < 1.29 is 19.7 Å². The van der Waals surface area contributed by atoms with Gasteiger partial charge in [0, 0.05) is 11.1 Å². The van der Waals surface area contributed by atoms with Crippen LogP contribution in [0.25, 0.3) is 0 Å². The predicted octanol–water partition coefficient (Wildman–Crippen LogP) is 3.48. The van der Waals surface area contributed by atoms with E-state index in [1.807, 2.05) is 12.1 Å². The SMILES string of the molecule is CC1Cc2ccc(O)c3c2C(C1)OC31OCc2c(O)cccc21. The maximum atomic E-state index is 10.6. The summed E-state index contributed by atoms with van der Waals surface area (Å²) in [6.07, 6.45) is 1.85. The second-order valence-corrected chi connectivity index (χ2v) is 6.89. The molecule has 4 heteroatoms. The Bertz CT molecular complexity index is 828. The minimum Gasteiger partial charge on any atom is -0.508 e. The molecule has 0 saturated heterocycles. The van der Waals surface area contributed by atoms with Gasteiger partial charge in [0.15, 0.2) is 0 Å². The lowest BCUT2D eigenvalue weighted by Gasteiger charge is -2.27. The average molecular weight is 310 g/mol. The van der Waals surface area contributed by atoms with Gasteiger partial charge in [-0.1, -0.05) is 25.1 Å². The third-order valence-corrected chi connectivity index (χ3v) is 5.38. The Balaban J connectivity index is 1.80. The van der Waals surface area contributed by atoms with Crippen molar-refractivity contribution in [3.05, 3.63) is 58.1 Å². The van der Waals surface area contributed by atoms with E-state index >= 15 is 0 Å². The van der Waals surface area contributed by atoms with Gasteiger partial charge in [-0.05, 0) is 42.0 Å². The number of ether oxygens (including phenoxy) is 2. The number of aromatic hydroxyl groups is 2. The van der Waals surface area contributed by atoms with Gasteiger partial charge in [0.05, 0.1) is 18.3 Å². The summed E-state index contributed by atoms with van der Waals surface area (Å²) in [6.45, 7) is 2.51. The highest BCUT2D eigenvalue weighted by Crippen LogP contribution is 2.59. The lowest BCUT2D eigenvalue weighted by atomic mass is 9.80. The second kappa shape index (κ2) is 4.28. The van der Waals surface area contributed by atoms with E-state index in [2.05, 4.69) is 6.92 Å². The fourth-order valence-electron chi connectivity index (χ4n) is 4.44. The van der Waals surface area contributed by atoms with Crippen molar-refractivity contribution in [1.29, 1.82) is 0 Å². The molecule has 118 valence electrons. The van der Waals surface area contributed by atoms with Crippen LogP contribution in [0.1, 0.15) is 47.3 Å². The molecule has 2 N–H and O–H groups in total. The molecule has 0 radical (unpaired) electrons. The zero-order valence-electron chi connectivity index (χ0n) is 12.9. The van der Waals surface area contributed by atoms with E-state index in [-0.39, 0.29) is 24.2 Å². The molecule has 3 unspecified atom stereocenters. The molecule has 3 atom stereocenters. The van der Waals surface area contributed by atoms with E-state index in [1.54, 1.807) is 18.2 Å². The van der Waals surface area contributed by atoms with Crippen molar-refractivity contribution in [2.45, 2.75) is 38.3 Å². The van der Waals surface area contributed by atoms with Crippen molar-refractivity contribution in [3.8, 4) is 11.5 Å². The summed E-state index contributed by atoms with van der Waals surface area (Å²) in [4.78, 5) is 0. The lowest BCUT2D eigenvalue weighted by Crippen LogP contribution is -2.26. The highest BCUT2D eigenvalue weighted by Gasteiger charge is 2.55. The maximum Gasteiger partial charge on any atom is 0.227 e. The first kappa shape index (κ1) is 13.4.